The summed E-state index contributed by atoms with van der Waals surface area (Å²) in [5.74, 6) is 2.51. The third-order valence-electron chi connectivity index (χ3n) is 3.28. The predicted octanol–water partition coefficient (Wildman–Crippen LogP) is 4.51. The highest BCUT2D eigenvalue weighted by Crippen LogP contribution is 2.25. The molecule has 4 nitrogen and oxygen atoms in total. The summed E-state index contributed by atoms with van der Waals surface area (Å²) in [6, 6.07) is 12.3. The van der Waals surface area contributed by atoms with Crippen molar-refractivity contribution in [1.29, 1.82) is 0 Å². The largest absolute Gasteiger partial charge is 0.497 e. The molecule has 0 heterocycles. The van der Waals surface area contributed by atoms with Crippen LogP contribution in [0.15, 0.2) is 60.9 Å². The third-order valence-corrected chi connectivity index (χ3v) is 3.28. The Labute approximate surface area is 142 Å². The first-order valence-corrected chi connectivity index (χ1v) is 7.41. The van der Waals surface area contributed by atoms with Gasteiger partial charge in [0.2, 0.25) is 0 Å². The average Bonchev–Trinajstić information content (AvgIpc) is 2.59. The maximum absolute atomic E-state index is 12.3. The van der Waals surface area contributed by atoms with E-state index in [1.807, 2.05) is 6.07 Å². The number of ether oxygens (including phenoxy) is 3. The Morgan fingerprint density at radius 2 is 1.67 bits per heavy atom. The molecule has 0 saturated heterocycles. The molecule has 2 rings (SSSR count). The van der Waals surface area contributed by atoms with Crippen molar-refractivity contribution in [2.75, 3.05) is 14.2 Å². The average molecular weight is 324 g/mol. The summed E-state index contributed by atoms with van der Waals surface area (Å²) in [6.07, 6.45) is 3.22. The Morgan fingerprint density at radius 3 is 2.25 bits per heavy atom. The summed E-state index contributed by atoms with van der Waals surface area (Å²) in [5.41, 5.74) is 1.34. The molecule has 0 radical (unpaired) electrons. The van der Waals surface area contributed by atoms with Gasteiger partial charge in [0.05, 0.1) is 20.0 Å². The zero-order valence-electron chi connectivity index (χ0n) is 14.0. The van der Waals surface area contributed by atoms with Crippen molar-refractivity contribution in [1.82, 2.24) is 0 Å². The van der Waals surface area contributed by atoms with E-state index in [0.29, 0.717) is 28.6 Å². The first kappa shape index (κ1) is 17.3. The molecule has 2 aromatic rings. The molecule has 0 unspecified atom stereocenters. The predicted molar refractivity (Wildman–Crippen MR) is 94.8 cm³/mol. The number of ketones is 1. The number of allylic oxidation sites excluding steroid dienone is 2. The number of carbonyl (C=O) groups is 1. The van der Waals surface area contributed by atoms with E-state index in [-0.39, 0.29) is 5.78 Å². The molecule has 4 heteroatoms. The minimum Gasteiger partial charge on any atom is -0.497 e. The second-order valence-electron chi connectivity index (χ2n) is 5.13. The van der Waals surface area contributed by atoms with Gasteiger partial charge < -0.3 is 14.2 Å². The standard InChI is InChI=1S/C20H20O4/c1-14(2)24-17-8-5-15(6-9-17)19(21)11-7-16-13-18(22-3)10-12-20(16)23-4/h5-13H,1H2,2-4H3/b11-7+. The summed E-state index contributed by atoms with van der Waals surface area (Å²) in [7, 11) is 3.18. The van der Waals surface area contributed by atoms with Gasteiger partial charge in [0.1, 0.15) is 17.2 Å². The molecule has 124 valence electrons. The van der Waals surface area contributed by atoms with E-state index in [4.69, 9.17) is 14.2 Å². The highest BCUT2D eigenvalue weighted by atomic mass is 16.5. The smallest absolute Gasteiger partial charge is 0.185 e. The van der Waals surface area contributed by atoms with Gasteiger partial charge in [-0.25, -0.2) is 0 Å². The van der Waals surface area contributed by atoms with Crippen molar-refractivity contribution >= 4 is 11.9 Å². The highest BCUT2D eigenvalue weighted by molar-refractivity contribution is 6.07. The van der Waals surface area contributed by atoms with Gasteiger partial charge >= 0.3 is 0 Å². The fraction of sp³-hybridized carbons (Fsp3) is 0.150. The summed E-state index contributed by atoms with van der Waals surface area (Å²) in [4.78, 5) is 12.3. The number of benzene rings is 2. The molecule has 0 aliphatic carbocycles. The highest BCUT2D eigenvalue weighted by Gasteiger charge is 2.05. The Balaban J connectivity index is 2.16. The number of rotatable bonds is 7. The zero-order valence-corrected chi connectivity index (χ0v) is 14.0. The van der Waals surface area contributed by atoms with E-state index in [2.05, 4.69) is 6.58 Å². The van der Waals surface area contributed by atoms with Crippen LogP contribution in [-0.4, -0.2) is 20.0 Å². The first-order valence-electron chi connectivity index (χ1n) is 7.41. The molecule has 0 aliphatic rings. The monoisotopic (exact) mass is 324 g/mol. The normalized spacial score (nSPS) is 10.5. The van der Waals surface area contributed by atoms with E-state index in [0.717, 1.165) is 5.56 Å². The SMILES string of the molecule is C=C(C)Oc1ccc(C(=O)/C=C/c2cc(OC)ccc2OC)cc1. The number of hydrogen-bond acceptors (Lipinski definition) is 4. The molecule has 2 aromatic carbocycles. The molecular formula is C20H20O4. The van der Waals surface area contributed by atoms with Crippen LogP contribution in [0.4, 0.5) is 0 Å². The molecular weight excluding hydrogens is 304 g/mol. The van der Waals surface area contributed by atoms with Gasteiger partial charge in [0.25, 0.3) is 0 Å². The Bertz CT molecular complexity index is 758. The molecule has 0 saturated carbocycles. The van der Waals surface area contributed by atoms with Crippen LogP contribution in [0, 0.1) is 0 Å². The van der Waals surface area contributed by atoms with Crippen molar-refractivity contribution in [2.24, 2.45) is 0 Å². The Kier molecular flexibility index (Phi) is 5.79. The lowest BCUT2D eigenvalue weighted by Gasteiger charge is -2.07. The van der Waals surface area contributed by atoms with Crippen LogP contribution in [0.5, 0.6) is 17.2 Å². The van der Waals surface area contributed by atoms with E-state index in [1.165, 1.54) is 6.08 Å². The Morgan fingerprint density at radius 1 is 1.00 bits per heavy atom. The van der Waals surface area contributed by atoms with Crippen LogP contribution >= 0.6 is 0 Å². The van der Waals surface area contributed by atoms with E-state index < -0.39 is 0 Å². The van der Waals surface area contributed by atoms with Crippen molar-refractivity contribution in [3.05, 3.63) is 72.0 Å². The quantitative estimate of drug-likeness (QED) is 0.427. The molecule has 0 bridgehead atoms. The van der Waals surface area contributed by atoms with Crippen molar-refractivity contribution in [3.63, 3.8) is 0 Å². The fourth-order valence-corrected chi connectivity index (χ4v) is 2.12. The van der Waals surface area contributed by atoms with Crippen LogP contribution in [0.2, 0.25) is 0 Å². The molecule has 0 fully saturated rings. The lowest BCUT2D eigenvalue weighted by molar-refractivity contribution is 0.104. The molecule has 24 heavy (non-hydrogen) atoms. The minimum absolute atomic E-state index is 0.109. The molecule has 0 N–H and O–H groups in total. The second kappa shape index (κ2) is 8.02. The van der Waals surface area contributed by atoms with Crippen LogP contribution in [0.3, 0.4) is 0 Å². The van der Waals surface area contributed by atoms with Crippen molar-refractivity contribution < 1.29 is 19.0 Å². The number of carbonyl (C=O) groups excluding carboxylic acids is 1. The van der Waals surface area contributed by atoms with Crippen LogP contribution in [0.25, 0.3) is 6.08 Å². The van der Waals surface area contributed by atoms with Crippen molar-refractivity contribution in [3.8, 4) is 17.2 Å². The van der Waals surface area contributed by atoms with E-state index in [1.54, 1.807) is 63.6 Å². The maximum Gasteiger partial charge on any atom is 0.185 e. The van der Waals surface area contributed by atoms with Gasteiger partial charge in [-0.05, 0) is 61.5 Å². The zero-order chi connectivity index (χ0) is 17.5. The number of hydrogen-bond donors (Lipinski definition) is 0. The molecule has 0 aliphatic heterocycles. The summed E-state index contributed by atoms with van der Waals surface area (Å²) < 4.78 is 15.9. The lowest BCUT2D eigenvalue weighted by Crippen LogP contribution is -1.95. The van der Waals surface area contributed by atoms with Gasteiger partial charge in [-0.2, -0.15) is 0 Å². The minimum atomic E-state index is -0.109. The molecule has 0 amide bonds. The third kappa shape index (κ3) is 4.49. The first-order chi connectivity index (χ1) is 11.5. The van der Waals surface area contributed by atoms with Gasteiger partial charge in [-0.3, -0.25) is 4.79 Å². The van der Waals surface area contributed by atoms with Crippen LogP contribution < -0.4 is 14.2 Å². The summed E-state index contributed by atoms with van der Waals surface area (Å²) in [6.45, 7) is 5.45. The van der Waals surface area contributed by atoms with Crippen LogP contribution in [0.1, 0.15) is 22.8 Å². The maximum atomic E-state index is 12.3. The van der Waals surface area contributed by atoms with Crippen molar-refractivity contribution in [2.45, 2.75) is 6.92 Å². The Hall–Kier alpha value is -3.01. The fourth-order valence-electron chi connectivity index (χ4n) is 2.12. The van der Waals surface area contributed by atoms with E-state index >= 15 is 0 Å². The molecule has 0 aromatic heterocycles. The molecule has 0 spiro atoms. The van der Waals surface area contributed by atoms with Gasteiger partial charge in [0.15, 0.2) is 5.78 Å². The summed E-state index contributed by atoms with van der Waals surface area (Å²) in [5, 5.41) is 0. The summed E-state index contributed by atoms with van der Waals surface area (Å²) >= 11 is 0. The van der Waals surface area contributed by atoms with Crippen LogP contribution in [-0.2, 0) is 0 Å². The topological polar surface area (TPSA) is 44.8 Å². The van der Waals surface area contributed by atoms with Gasteiger partial charge in [-0.15, -0.1) is 0 Å². The second-order valence-corrected chi connectivity index (χ2v) is 5.13. The number of methoxy groups -OCH3 is 2. The lowest BCUT2D eigenvalue weighted by atomic mass is 10.1. The molecule has 0 atom stereocenters. The van der Waals surface area contributed by atoms with Gasteiger partial charge in [-0.1, -0.05) is 6.58 Å². The van der Waals surface area contributed by atoms with Gasteiger partial charge in [0, 0.05) is 11.1 Å². The van der Waals surface area contributed by atoms with E-state index in [9.17, 15) is 4.79 Å².